The van der Waals surface area contributed by atoms with Crippen LogP contribution in [0.25, 0.3) is 0 Å². The van der Waals surface area contributed by atoms with Gasteiger partial charge in [-0.3, -0.25) is 4.90 Å². The van der Waals surface area contributed by atoms with Gasteiger partial charge in [-0.05, 0) is 49.9 Å². The van der Waals surface area contributed by atoms with E-state index >= 15 is 0 Å². The van der Waals surface area contributed by atoms with Crippen molar-refractivity contribution >= 4 is 34.8 Å². The molecule has 1 saturated heterocycles. The second-order valence-electron chi connectivity index (χ2n) is 4.85. The van der Waals surface area contributed by atoms with Crippen LogP contribution in [0.15, 0.2) is 18.2 Å². The molecule has 1 nitrogen and oxygen atoms in total. The maximum Gasteiger partial charge on any atom is 0.0595 e. The third kappa shape index (κ3) is 3.77. The minimum atomic E-state index is 0.625. The molecule has 0 saturated carbocycles. The summed E-state index contributed by atoms with van der Waals surface area (Å²) in [5.74, 6) is 0.761. The predicted octanol–water partition coefficient (Wildman–Crippen LogP) is 4.98. The topological polar surface area (TPSA) is 3.24 Å². The number of hydrogen-bond donors (Lipinski definition) is 0. The number of hydrogen-bond acceptors (Lipinski definition) is 1. The second-order valence-corrected chi connectivity index (χ2v) is 6.04. The molecule has 0 amide bonds. The van der Waals surface area contributed by atoms with Crippen LogP contribution in [0.3, 0.4) is 0 Å². The quantitative estimate of drug-likeness (QED) is 0.694. The Hall–Kier alpha value is 0.0500. The minimum Gasteiger partial charge on any atom is -0.296 e. The smallest absolute Gasteiger partial charge is 0.0595 e. The Morgan fingerprint density at radius 1 is 1.22 bits per heavy atom. The van der Waals surface area contributed by atoms with E-state index in [1.54, 1.807) is 0 Å². The second kappa shape index (κ2) is 7.00. The lowest BCUT2D eigenvalue weighted by atomic mass is 10.1. The summed E-state index contributed by atoms with van der Waals surface area (Å²) in [6.45, 7) is 2.14. The van der Waals surface area contributed by atoms with Crippen molar-refractivity contribution in [3.63, 3.8) is 0 Å². The first-order valence-electron chi connectivity index (χ1n) is 6.44. The Morgan fingerprint density at radius 2 is 2.06 bits per heavy atom. The maximum atomic E-state index is 6.05. The first kappa shape index (κ1) is 14.5. The van der Waals surface area contributed by atoms with E-state index in [2.05, 4.69) is 11.0 Å². The van der Waals surface area contributed by atoms with Gasteiger partial charge in [0.05, 0.1) is 10.0 Å². The standard InChI is InChI=1S/C14H18Cl3N/c15-7-1-3-12-4-2-8-18(12)10-11-5-6-13(16)14(17)9-11/h5-6,9,12H,1-4,7-8,10H2. The highest BCUT2D eigenvalue weighted by molar-refractivity contribution is 6.42. The zero-order valence-corrected chi connectivity index (χ0v) is 12.6. The molecule has 0 N–H and O–H groups in total. The van der Waals surface area contributed by atoms with Crippen LogP contribution in [0.4, 0.5) is 0 Å². The zero-order chi connectivity index (χ0) is 13.0. The van der Waals surface area contributed by atoms with E-state index in [-0.39, 0.29) is 0 Å². The van der Waals surface area contributed by atoms with E-state index in [1.807, 2.05) is 12.1 Å². The summed E-state index contributed by atoms with van der Waals surface area (Å²) in [6.07, 6.45) is 4.88. The maximum absolute atomic E-state index is 6.05. The van der Waals surface area contributed by atoms with Crippen molar-refractivity contribution in [1.82, 2.24) is 4.90 Å². The van der Waals surface area contributed by atoms with Crippen LogP contribution >= 0.6 is 34.8 Å². The van der Waals surface area contributed by atoms with Crippen molar-refractivity contribution in [3.05, 3.63) is 33.8 Å². The molecule has 2 rings (SSSR count). The van der Waals surface area contributed by atoms with Crippen molar-refractivity contribution in [2.45, 2.75) is 38.3 Å². The normalized spacial score (nSPS) is 20.5. The van der Waals surface area contributed by atoms with Crippen molar-refractivity contribution in [2.24, 2.45) is 0 Å². The molecule has 1 fully saturated rings. The molecule has 0 spiro atoms. The number of likely N-dealkylation sites (tertiary alicyclic amines) is 1. The summed E-state index contributed by atoms with van der Waals surface area (Å²) in [6, 6.07) is 6.59. The van der Waals surface area contributed by atoms with Gasteiger partial charge in [-0.2, -0.15) is 0 Å². The fourth-order valence-electron chi connectivity index (χ4n) is 2.62. The average Bonchev–Trinajstić information content (AvgIpc) is 2.79. The number of benzene rings is 1. The van der Waals surface area contributed by atoms with Crippen LogP contribution in [0.1, 0.15) is 31.2 Å². The minimum absolute atomic E-state index is 0.625. The van der Waals surface area contributed by atoms with Crippen LogP contribution < -0.4 is 0 Å². The van der Waals surface area contributed by atoms with Gasteiger partial charge in [0.1, 0.15) is 0 Å². The molecular formula is C14H18Cl3N. The molecule has 1 aliphatic rings. The fraction of sp³-hybridized carbons (Fsp3) is 0.571. The van der Waals surface area contributed by atoms with Gasteiger partial charge < -0.3 is 0 Å². The molecule has 0 bridgehead atoms. The Kier molecular flexibility index (Phi) is 5.62. The molecular weight excluding hydrogens is 289 g/mol. The summed E-state index contributed by atoms with van der Waals surface area (Å²) in [4.78, 5) is 2.53. The highest BCUT2D eigenvalue weighted by Gasteiger charge is 2.23. The first-order chi connectivity index (χ1) is 8.70. The van der Waals surface area contributed by atoms with E-state index in [0.29, 0.717) is 16.1 Å². The highest BCUT2D eigenvalue weighted by Crippen LogP contribution is 2.27. The molecule has 1 atom stereocenters. The molecule has 1 heterocycles. The van der Waals surface area contributed by atoms with Crippen LogP contribution in [-0.2, 0) is 6.54 Å². The van der Waals surface area contributed by atoms with Crippen molar-refractivity contribution in [3.8, 4) is 0 Å². The van der Waals surface area contributed by atoms with Crippen molar-refractivity contribution in [1.29, 1.82) is 0 Å². The monoisotopic (exact) mass is 305 g/mol. The molecule has 1 aromatic carbocycles. The summed E-state index contributed by atoms with van der Waals surface area (Å²) in [7, 11) is 0. The average molecular weight is 307 g/mol. The lowest BCUT2D eigenvalue weighted by Crippen LogP contribution is -2.28. The van der Waals surface area contributed by atoms with Gasteiger partial charge in [0, 0.05) is 18.5 Å². The molecule has 1 aliphatic heterocycles. The molecule has 1 unspecified atom stereocenters. The van der Waals surface area contributed by atoms with Crippen LogP contribution in [0.5, 0.6) is 0 Å². The van der Waals surface area contributed by atoms with Crippen LogP contribution in [0, 0.1) is 0 Å². The summed E-state index contributed by atoms with van der Waals surface area (Å²) in [5.41, 5.74) is 1.24. The zero-order valence-electron chi connectivity index (χ0n) is 10.3. The van der Waals surface area contributed by atoms with E-state index in [0.717, 1.165) is 18.8 Å². The Labute approximate surface area is 124 Å². The summed E-state index contributed by atoms with van der Waals surface area (Å²) in [5, 5.41) is 1.27. The first-order valence-corrected chi connectivity index (χ1v) is 7.73. The number of rotatable bonds is 5. The molecule has 100 valence electrons. The van der Waals surface area contributed by atoms with Gasteiger partial charge >= 0.3 is 0 Å². The molecule has 18 heavy (non-hydrogen) atoms. The van der Waals surface area contributed by atoms with Crippen LogP contribution in [0.2, 0.25) is 10.0 Å². The van der Waals surface area contributed by atoms with Gasteiger partial charge in [-0.25, -0.2) is 0 Å². The van der Waals surface area contributed by atoms with Gasteiger partial charge in [0.25, 0.3) is 0 Å². The molecule has 1 aromatic rings. The van der Waals surface area contributed by atoms with E-state index < -0.39 is 0 Å². The Morgan fingerprint density at radius 3 is 2.78 bits per heavy atom. The largest absolute Gasteiger partial charge is 0.296 e. The Balaban J connectivity index is 1.96. The SMILES string of the molecule is ClCCCC1CCCN1Cc1ccc(Cl)c(Cl)c1. The lowest BCUT2D eigenvalue weighted by Gasteiger charge is -2.24. The van der Waals surface area contributed by atoms with Gasteiger partial charge in [-0.1, -0.05) is 29.3 Å². The van der Waals surface area contributed by atoms with E-state index in [4.69, 9.17) is 34.8 Å². The molecule has 0 aromatic heterocycles. The van der Waals surface area contributed by atoms with Crippen molar-refractivity contribution in [2.75, 3.05) is 12.4 Å². The molecule has 4 heteroatoms. The number of nitrogens with zero attached hydrogens (tertiary/aromatic N) is 1. The van der Waals surface area contributed by atoms with E-state index in [1.165, 1.54) is 31.4 Å². The van der Waals surface area contributed by atoms with Crippen molar-refractivity contribution < 1.29 is 0 Å². The fourth-order valence-corrected chi connectivity index (χ4v) is 3.09. The van der Waals surface area contributed by atoms with Gasteiger partial charge in [-0.15, -0.1) is 11.6 Å². The number of halogens is 3. The number of alkyl halides is 1. The predicted molar refractivity (Wildman–Crippen MR) is 79.8 cm³/mol. The van der Waals surface area contributed by atoms with Gasteiger partial charge in [0.15, 0.2) is 0 Å². The summed E-state index contributed by atoms with van der Waals surface area (Å²) >= 11 is 17.8. The highest BCUT2D eigenvalue weighted by atomic mass is 35.5. The van der Waals surface area contributed by atoms with Crippen LogP contribution in [-0.4, -0.2) is 23.4 Å². The third-order valence-electron chi connectivity index (χ3n) is 3.54. The summed E-state index contributed by atoms with van der Waals surface area (Å²) < 4.78 is 0. The third-order valence-corrected chi connectivity index (χ3v) is 4.55. The molecule has 0 radical (unpaired) electrons. The lowest BCUT2D eigenvalue weighted by molar-refractivity contribution is 0.234. The molecule has 0 aliphatic carbocycles. The Bertz CT molecular complexity index is 395. The van der Waals surface area contributed by atoms with Gasteiger partial charge in [0.2, 0.25) is 0 Å². The van der Waals surface area contributed by atoms with E-state index in [9.17, 15) is 0 Å².